The van der Waals surface area contributed by atoms with E-state index in [1.807, 2.05) is 0 Å². The number of alkyl halides is 6. The van der Waals surface area contributed by atoms with Crippen LogP contribution in [-0.4, -0.2) is 18.6 Å². The highest BCUT2D eigenvalue weighted by Crippen LogP contribution is 2.29. The molecule has 0 aliphatic rings. The van der Waals surface area contributed by atoms with E-state index >= 15 is 0 Å². The third-order valence-electron chi connectivity index (χ3n) is 2.17. The lowest BCUT2D eigenvalue weighted by Crippen LogP contribution is -2.30. The molecule has 0 saturated heterocycles. The molecular formula is C12H9F6NO. The number of hydrogen-bond acceptors (Lipinski definition) is 1. The minimum Gasteiger partial charge on any atom is -0.319 e. The van der Waals surface area contributed by atoms with Gasteiger partial charge >= 0.3 is 6.18 Å². The minimum absolute atomic E-state index is 0.217. The van der Waals surface area contributed by atoms with Crippen LogP contribution in [0.4, 0.5) is 26.3 Å². The Hall–Kier alpha value is -1.99. The second kappa shape index (κ2) is 6.44. The van der Waals surface area contributed by atoms with Crippen LogP contribution >= 0.6 is 0 Å². The van der Waals surface area contributed by atoms with Crippen LogP contribution in [0.3, 0.4) is 0 Å². The molecule has 0 spiro atoms. The number of carbonyl (C=O) groups is 1. The fourth-order valence-corrected chi connectivity index (χ4v) is 1.25. The molecule has 8 heteroatoms. The lowest BCUT2D eigenvalue weighted by Gasteiger charge is -2.09. The highest BCUT2D eigenvalue weighted by molar-refractivity contribution is 5.94. The van der Waals surface area contributed by atoms with Crippen molar-refractivity contribution in [2.75, 3.05) is 0 Å². The van der Waals surface area contributed by atoms with Crippen LogP contribution in [0.15, 0.2) is 36.4 Å². The third kappa shape index (κ3) is 4.94. The van der Waals surface area contributed by atoms with Gasteiger partial charge in [0.25, 0.3) is 12.3 Å². The molecule has 2 nitrogen and oxygen atoms in total. The number of rotatable bonds is 4. The first kappa shape index (κ1) is 16.1. The highest BCUT2D eigenvalue weighted by Gasteiger charge is 2.30. The molecule has 0 fully saturated rings. The lowest BCUT2D eigenvalue weighted by atomic mass is 10.1. The Labute approximate surface area is 110 Å². The van der Waals surface area contributed by atoms with Crippen LogP contribution in [0.2, 0.25) is 0 Å². The molecule has 1 amide bonds. The summed E-state index contributed by atoms with van der Waals surface area (Å²) in [4.78, 5) is 11.4. The van der Waals surface area contributed by atoms with E-state index in [1.54, 1.807) is 5.32 Å². The highest BCUT2D eigenvalue weighted by atomic mass is 19.4. The van der Waals surface area contributed by atoms with Gasteiger partial charge in [0.2, 0.25) is 0 Å². The fraction of sp³-hybridized carbons (Fsp3) is 0.250. The molecular weight excluding hydrogens is 288 g/mol. The van der Waals surface area contributed by atoms with Gasteiger partial charge < -0.3 is 5.32 Å². The van der Waals surface area contributed by atoms with Gasteiger partial charge in [-0.15, -0.1) is 0 Å². The Balaban J connectivity index is 2.69. The molecule has 1 aromatic carbocycles. The van der Waals surface area contributed by atoms with Crippen molar-refractivity contribution in [3.05, 3.63) is 47.5 Å². The Bertz CT molecular complexity index is 480. The van der Waals surface area contributed by atoms with Crippen LogP contribution in [0.25, 0.3) is 0 Å². The maximum absolute atomic E-state index is 13.0. The van der Waals surface area contributed by atoms with Crippen molar-refractivity contribution in [2.24, 2.45) is 0 Å². The van der Waals surface area contributed by atoms with E-state index in [4.69, 9.17) is 0 Å². The standard InChI is InChI=1S/C12H9F6NO/c13-9(14)5-6-10(15)19-11(20)7-1-3-8(4-2-7)12(16,17)18/h1-6,9-10H,(H,19,20). The van der Waals surface area contributed by atoms with E-state index in [0.717, 1.165) is 12.1 Å². The van der Waals surface area contributed by atoms with Gasteiger partial charge in [0, 0.05) is 5.56 Å². The maximum Gasteiger partial charge on any atom is 0.416 e. The Morgan fingerprint density at radius 3 is 2.05 bits per heavy atom. The van der Waals surface area contributed by atoms with E-state index in [2.05, 4.69) is 0 Å². The van der Waals surface area contributed by atoms with E-state index in [0.29, 0.717) is 18.2 Å². The maximum atomic E-state index is 13.0. The minimum atomic E-state index is -4.54. The number of allylic oxidation sites excluding steroid dienone is 1. The normalized spacial score (nSPS) is 13.8. The van der Waals surface area contributed by atoms with Gasteiger partial charge in [0.1, 0.15) is 0 Å². The third-order valence-corrected chi connectivity index (χ3v) is 2.17. The zero-order valence-electron chi connectivity index (χ0n) is 9.79. The lowest BCUT2D eigenvalue weighted by molar-refractivity contribution is -0.137. The zero-order chi connectivity index (χ0) is 15.3. The van der Waals surface area contributed by atoms with E-state index in [1.165, 1.54) is 0 Å². The number of benzene rings is 1. The molecule has 1 aromatic rings. The Kier molecular flexibility index (Phi) is 5.18. The first-order valence-corrected chi connectivity index (χ1v) is 5.29. The van der Waals surface area contributed by atoms with Gasteiger partial charge in [-0.3, -0.25) is 4.79 Å². The molecule has 0 bridgehead atoms. The summed E-state index contributed by atoms with van der Waals surface area (Å²) in [5.74, 6) is -1.01. The molecule has 0 heterocycles. The molecule has 0 aromatic heterocycles. The number of amides is 1. The second-order valence-electron chi connectivity index (χ2n) is 3.67. The summed E-state index contributed by atoms with van der Waals surface area (Å²) >= 11 is 0. The fourth-order valence-electron chi connectivity index (χ4n) is 1.25. The van der Waals surface area contributed by atoms with E-state index in [9.17, 15) is 31.1 Å². The summed E-state index contributed by atoms with van der Waals surface area (Å²) in [7, 11) is 0. The van der Waals surface area contributed by atoms with Crippen LogP contribution in [-0.2, 0) is 6.18 Å². The van der Waals surface area contributed by atoms with Gasteiger partial charge in [0.05, 0.1) is 5.56 Å². The van der Waals surface area contributed by atoms with Crippen molar-refractivity contribution < 1.29 is 31.1 Å². The molecule has 1 N–H and O–H groups in total. The van der Waals surface area contributed by atoms with Crippen molar-refractivity contribution >= 4 is 5.91 Å². The average molecular weight is 297 g/mol. The first-order valence-electron chi connectivity index (χ1n) is 5.29. The smallest absolute Gasteiger partial charge is 0.319 e. The summed E-state index contributed by atoms with van der Waals surface area (Å²) in [5, 5.41) is 1.70. The first-order chi connectivity index (χ1) is 9.20. The van der Waals surface area contributed by atoms with Crippen molar-refractivity contribution in [1.82, 2.24) is 5.32 Å². The molecule has 0 aliphatic heterocycles. The summed E-state index contributed by atoms with van der Waals surface area (Å²) in [6, 6.07) is 3.05. The van der Waals surface area contributed by atoms with Crippen LogP contribution in [0.1, 0.15) is 15.9 Å². The molecule has 0 aliphatic carbocycles. The van der Waals surface area contributed by atoms with E-state index in [-0.39, 0.29) is 11.6 Å². The topological polar surface area (TPSA) is 29.1 Å². The van der Waals surface area contributed by atoms with Crippen LogP contribution in [0, 0.1) is 0 Å². The summed E-state index contributed by atoms with van der Waals surface area (Å²) in [6.07, 6.45) is -8.88. The number of halogens is 6. The molecule has 1 unspecified atom stereocenters. The largest absolute Gasteiger partial charge is 0.416 e. The molecule has 0 radical (unpaired) electrons. The summed E-state index contributed by atoms with van der Waals surface area (Å²) in [6.45, 7) is 0. The van der Waals surface area contributed by atoms with Gasteiger partial charge in [0.15, 0.2) is 6.30 Å². The number of hydrogen-bond donors (Lipinski definition) is 1. The quantitative estimate of drug-likeness (QED) is 0.514. The van der Waals surface area contributed by atoms with Crippen molar-refractivity contribution in [3.63, 3.8) is 0 Å². The number of carbonyl (C=O) groups excluding carboxylic acids is 1. The van der Waals surface area contributed by atoms with Crippen molar-refractivity contribution in [1.29, 1.82) is 0 Å². The van der Waals surface area contributed by atoms with Gasteiger partial charge in [-0.25, -0.2) is 13.2 Å². The average Bonchev–Trinajstić information content (AvgIpc) is 2.35. The van der Waals surface area contributed by atoms with Gasteiger partial charge in [-0.1, -0.05) is 0 Å². The molecule has 1 atom stereocenters. The Morgan fingerprint density at radius 2 is 1.60 bits per heavy atom. The summed E-state index contributed by atoms with van der Waals surface area (Å²) < 4.78 is 73.3. The van der Waals surface area contributed by atoms with Crippen LogP contribution < -0.4 is 5.32 Å². The predicted octanol–water partition coefficient (Wildman–Crippen LogP) is 3.55. The predicted molar refractivity (Wildman–Crippen MR) is 59.0 cm³/mol. The van der Waals surface area contributed by atoms with Crippen LogP contribution in [0.5, 0.6) is 0 Å². The SMILES string of the molecule is O=C(NC(F)C=CC(F)F)c1ccc(C(F)(F)F)cc1. The molecule has 110 valence electrons. The van der Waals surface area contributed by atoms with Gasteiger partial charge in [-0.05, 0) is 36.4 Å². The molecule has 1 rings (SSSR count). The summed E-state index contributed by atoms with van der Waals surface area (Å²) in [5.41, 5.74) is -1.17. The molecule has 20 heavy (non-hydrogen) atoms. The second-order valence-corrected chi connectivity index (χ2v) is 3.67. The molecule has 0 saturated carbocycles. The monoisotopic (exact) mass is 297 g/mol. The zero-order valence-corrected chi connectivity index (χ0v) is 9.79. The van der Waals surface area contributed by atoms with Crippen molar-refractivity contribution in [3.8, 4) is 0 Å². The Morgan fingerprint density at radius 1 is 1.05 bits per heavy atom. The van der Waals surface area contributed by atoms with Gasteiger partial charge in [-0.2, -0.15) is 13.2 Å². The van der Waals surface area contributed by atoms with E-state index < -0.39 is 30.4 Å². The number of nitrogens with one attached hydrogen (secondary N) is 1. The van der Waals surface area contributed by atoms with Crippen molar-refractivity contribution in [2.45, 2.75) is 18.9 Å².